The van der Waals surface area contributed by atoms with Crippen molar-refractivity contribution < 1.29 is 4.79 Å². The summed E-state index contributed by atoms with van der Waals surface area (Å²) in [4.78, 5) is 29.3. The van der Waals surface area contributed by atoms with Crippen LogP contribution in [-0.4, -0.2) is 25.7 Å². The molecule has 0 amide bonds. The Labute approximate surface area is 197 Å². The molecule has 0 saturated carbocycles. The average Bonchev–Trinajstić information content (AvgIpc) is 3.45. The predicted molar refractivity (Wildman–Crippen MR) is 137 cm³/mol. The van der Waals surface area contributed by atoms with Crippen LogP contribution >= 0.6 is 11.3 Å². The van der Waals surface area contributed by atoms with E-state index < -0.39 is 0 Å². The van der Waals surface area contributed by atoms with Crippen LogP contribution in [0.25, 0.3) is 38.3 Å². The molecule has 166 valence electrons. The molecule has 0 radical (unpaired) electrons. The number of Topliss-reactive ketones (excluding diaryl/α,β-unsaturated/α-hetero) is 1. The van der Waals surface area contributed by atoms with E-state index in [0.717, 1.165) is 49.6 Å². The Morgan fingerprint density at radius 2 is 1.88 bits per heavy atom. The van der Waals surface area contributed by atoms with Gasteiger partial charge in [-0.1, -0.05) is 50.3 Å². The van der Waals surface area contributed by atoms with Crippen LogP contribution in [0.2, 0.25) is 0 Å². The third-order valence-electron chi connectivity index (χ3n) is 5.26. The van der Waals surface area contributed by atoms with Crippen LogP contribution in [0.15, 0.2) is 73.4 Å². The number of imidazole rings is 1. The zero-order valence-electron chi connectivity index (χ0n) is 19.2. The van der Waals surface area contributed by atoms with Crippen molar-refractivity contribution in [3.8, 4) is 21.8 Å². The molecule has 6 heteroatoms. The number of aromatic nitrogens is 4. The van der Waals surface area contributed by atoms with Crippen LogP contribution in [0, 0.1) is 5.92 Å². The number of nitrogens with one attached hydrogen (secondary N) is 1. The lowest BCUT2D eigenvalue weighted by Crippen LogP contribution is -1.96. The lowest BCUT2D eigenvalue weighted by Gasteiger charge is -2.11. The summed E-state index contributed by atoms with van der Waals surface area (Å²) in [7, 11) is 0. The Morgan fingerprint density at radius 3 is 2.58 bits per heavy atom. The van der Waals surface area contributed by atoms with Crippen molar-refractivity contribution in [3.05, 3.63) is 83.9 Å². The summed E-state index contributed by atoms with van der Waals surface area (Å²) in [6.45, 7) is 11.8. The molecule has 1 aromatic carbocycles. The van der Waals surface area contributed by atoms with Gasteiger partial charge < -0.3 is 4.98 Å². The molecule has 3 heterocycles. The van der Waals surface area contributed by atoms with E-state index in [1.54, 1.807) is 25.6 Å². The molecule has 0 spiro atoms. The van der Waals surface area contributed by atoms with Gasteiger partial charge in [-0.25, -0.2) is 9.97 Å². The van der Waals surface area contributed by atoms with Gasteiger partial charge in [0.05, 0.1) is 28.1 Å². The minimum Gasteiger partial charge on any atom is -0.344 e. The number of nitrogens with zero attached hydrogens (tertiary/aromatic N) is 3. The van der Waals surface area contributed by atoms with E-state index in [1.165, 1.54) is 11.3 Å². The van der Waals surface area contributed by atoms with Crippen LogP contribution < -0.4 is 0 Å². The maximum Gasteiger partial charge on any atom is 0.171 e. The first kappa shape index (κ1) is 22.6. The highest BCUT2D eigenvalue weighted by molar-refractivity contribution is 7.16. The molecular formula is C27H26N4OS. The summed E-state index contributed by atoms with van der Waals surface area (Å²) in [5, 5.41) is 1.79. The maximum absolute atomic E-state index is 11.6. The summed E-state index contributed by atoms with van der Waals surface area (Å²) in [6, 6.07) is 8.26. The van der Waals surface area contributed by atoms with E-state index >= 15 is 0 Å². The average molecular weight is 455 g/mol. The molecule has 0 fully saturated rings. The van der Waals surface area contributed by atoms with Crippen molar-refractivity contribution in [1.82, 2.24) is 19.9 Å². The van der Waals surface area contributed by atoms with Gasteiger partial charge in [-0.2, -0.15) is 0 Å². The maximum atomic E-state index is 11.6. The molecule has 3 aromatic heterocycles. The quantitative estimate of drug-likeness (QED) is 0.238. The zero-order valence-corrected chi connectivity index (χ0v) is 20.0. The van der Waals surface area contributed by atoms with Crippen LogP contribution in [0.1, 0.15) is 43.1 Å². The number of aromatic amines is 1. The summed E-state index contributed by atoms with van der Waals surface area (Å²) in [5.74, 6) is 0.324. The number of rotatable bonds is 7. The SMILES string of the molecule is C=C(C)/C=C\C=C(\c1nc[nH]c1-c1ccc2ncc(-c3ncc(C(C)=O)s3)cc2c1)C(C)C. The molecule has 0 unspecified atom stereocenters. The molecular weight excluding hydrogens is 428 g/mol. The number of benzene rings is 1. The number of pyridine rings is 1. The number of hydrogen-bond donors (Lipinski definition) is 1. The number of ketones is 1. The summed E-state index contributed by atoms with van der Waals surface area (Å²) >= 11 is 1.39. The number of carbonyl (C=O) groups excluding carboxylic acids is 1. The fourth-order valence-electron chi connectivity index (χ4n) is 3.57. The van der Waals surface area contributed by atoms with Gasteiger partial charge in [0.15, 0.2) is 5.78 Å². The van der Waals surface area contributed by atoms with Crippen molar-refractivity contribution in [1.29, 1.82) is 0 Å². The fraction of sp³-hybridized carbons (Fsp3) is 0.185. The van der Waals surface area contributed by atoms with Gasteiger partial charge >= 0.3 is 0 Å². The third kappa shape index (κ3) is 4.91. The smallest absolute Gasteiger partial charge is 0.171 e. The predicted octanol–water partition coefficient (Wildman–Crippen LogP) is 7.12. The molecule has 0 aliphatic carbocycles. The third-order valence-corrected chi connectivity index (χ3v) is 6.41. The lowest BCUT2D eigenvalue weighted by molar-refractivity contribution is 0.102. The molecule has 5 nitrogen and oxygen atoms in total. The van der Waals surface area contributed by atoms with Crippen LogP contribution in [0.5, 0.6) is 0 Å². The number of allylic oxidation sites excluding steroid dienone is 5. The second-order valence-electron chi connectivity index (χ2n) is 8.33. The first-order valence-electron chi connectivity index (χ1n) is 10.8. The summed E-state index contributed by atoms with van der Waals surface area (Å²) < 4.78 is 0. The van der Waals surface area contributed by atoms with Crippen molar-refractivity contribution in [3.63, 3.8) is 0 Å². The normalized spacial score (nSPS) is 12.2. The first-order chi connectivity index (χ1) is 15.8. The van der Waals surface area contributed by atoms with Gasteiger partial charge in [0.1, 0.15) is 5.01 Å². The standard InChI is InChI=1S/C27H26N4OS/c1-16(2)7-6-8-22(17(3)4)26-25(30-15-31-26)19-9-10-23-20(11-19)12-21(13-28-23)27-29-14-24(33-27)18(5)32/h6-15,17H,1H2,2-5H3,(H,30,31)/b7-6-,22-8+. The van der Waals surface area contributed by atoms with Gasteiger partial charge in [-0.15, -0.1) is 11.3 Å². The molecule has 0 aliphatic rings. The zero-order chi connectivity index (χ0) is 23.5. The largest absolute Gasteiger partial charge is 0.344 e. The Hall–Kier alpha value is -3.64. The minimum absolute atomic E-state index is 0.0219. The first-order valence-corrected chi connectivity index (χ1v) is 11.6. The highest BCUT2D eigenvalue weighted by atomic mass is 32.1. The van der Waals surface area contributed by atoms with Crippen molar-refractivity contribution in [2.45, 2.75) is 27.7 Å². The Balaban J connectivity index is 1.76. The minimum atomic E-state index is 0.0219. The highest BCUT2D eigenvalue weighted by Gasteiger charge is 2.16. The Morgan fingerprint density at radius 1 is 1.09 bits per heavy atom. The van der Waals surface area contributed by atoms with Gasteiger partial charge in [0.2, 0.25) is 0 Å². The monoisotopic (exact) mass is 454 g/mol. The second kappa shape index (κ2) is 9.46. The molecule has 33 heavy (non-hydrogen) atoms. The lowest BCUT2D eigenvalue weighted by atomic mass is 9.95. The number of thiazole rings is 1. The van der Waals surface area contributed by atoms with Gasteiger partial charge in [-0.3, -0.25) is 9.78 Å². The second-order valence-corrected chi connectivity index (χ2v) is 9.36. The topological polar surface area (TPSA) is 71.5 Å². The van der Waals surface area contributed by atoms with E-state index in [2.05, 4.69) is 64.6 Å². The number of fused-ring (bicyclic) bond motifs is 1. The molecule has 1 N–H and O–H groups in total. The van der Waals surface area contributed by atoms with Gasteiger partial charge in [0.25, 0.3) is 0 Å². The van der Waals surface area contributed by atoms with Crippen LogP contribution in [-0.2, 0) is 0 Å². The van der Waals surface area contributed by atoms with Gasteiger partial charge in [0, 0.05) is 35.8 Å². The molecule has 0 atom stereocenters. The number of H-pyrrole nitrogens is 1. The van der Waals surface area contributed by atoms with E-state index in [0.29, 0.717) is 10.8 Å². The molecule has 4 aromatic rings. The van der Waals surface area contributed by atoms with Gasteiger partial charge in [-0.05, 0) is 36.6 Å². The molecule has 4 rings (SSSR count). The highest BCUT2D eigenvalue weighted by Crippen LogP contribution is 2.33. The molecule has 0 aliphatic heterocycles. The van der Waals surface area contributed by atoms with Crippen molar-refractivity contribution >= 4 is 33.6 Å². The van der Waals surface area contributed by atoms with Crippen molar-refractivity contribution in [2.75, 3.05) is 0 Å². The van der Waals surface area contributed by atoms with E-state index in [4.69, 9.17) is 0 Å². The van der Waals surface area contributed by atoms with E-state index in [9.17, 15) is 4.79 Å². The van der Waals surface area contributed by atoms with E-state index in [1.807, 2.05) is 25.1 Å². The van der Waals surface area contributed by atoms with Crippen LogP contribution in [0.4, 0.5) is 0 Å². The Kier molecular flexibility index (Phi) is 6.47. The Bertz CT molecular complexity index is 1400. The van der Waals surface area contributed by atoms with Crippen LogP contribution in [0.3, 0.4) is 0 Å². The number of hydrogen-bond acceptors (Lipinski definition) is 5. The van der Waals surface area contributed by atoms with E-state index in [-0.39, 0.29) is 5.78 Å². The summed E-state index contributed by atoms with van der Waals surface area (Å²) in [6.07, 6.45) is 11.3. The molecule has 0 bridgehead atoms. The molecule has 0 saturated heterocycles. The summed E-state index contributed by atoms with van der Waals surface area (Å²) in [5.41, 5.74) is 6.89. The number of carbonyl (C=O) groups is 1. The van der Waals surface area contributed by atoms with Crippen molar-refractivity contribution in [2.24, 2.45) is 5.92 Å². The fourth-order valence-corrected chi connectivity index (χ4v) is 4.36.